The summed E-state index contributed by atoms with van der Waals surface area (Å²) >= 11 is 0. The largest absolute Gasteiger partial charge is 0.411 e. The molecule has 1 fully saturated rings. The summed E-state index contributed by atoms with van der Waals surface area (Å²) in [5.74, 6) is 0.179. The third-order valence-corrected chi connectivity index (χ3v) is 4.92. The molecule has 1 saturated carbocycles. The Morgan fingerprint density at radius 3 is 2.88 bits per heavy atom. The molecule has 0 amide bonds. The van der Waals surface area contributed by atoms with Crippen LogP contribution in [0.4, 0.5) is 4.39 Å². The third kappa shape index (κ3) is 3.93. The predicted octanol–water partition coefficient (Wildman–Crippen LogP) is 4.01. The van der Waals surface area contributed by atoms with Crippen LogP contribution in [0.1, 0.15) is 30.9 Å². The van der Waals surface area contributed by atoms with E-state index < -0.39 is 6.17 Å². The summed E-state index contributed by atoms with van der Waals surface area (Å²) in [4.78, 5) is 13.9. The van der Waals surface area contributed by atoms with Crippen LogP contribution in [0, 0.1) is 49.0 Å². The second-order valence-electron chi connectivity index (χ2n) is 6.65. The van der Waals surface area contributed by atoms with E-state index in [1.54, 1.807) is 12.2 Å². The van der Waals surface area contributed by atoms with Gasteiger partial charge in [0.1, 0.15) is 6.29 Å². The number of rotatable bonds is 6. The maximum atomic E-state index is 14.2. The van der Waals surface area contributed by atoms with E-state index >= 15 is 0 Å². The zero-order valence-electron chi connectivity index (χ0n) is 13.8. The first-order valence-corrected chi connectivity index (χ1v) is 8.48. The van der Waals surface area contributed by atoms with E-state index in [4.69, 9.17) is 0 Å². The van der Waals surface area contributed by atoms with Gasteiger partial charge in [0, 0.05) is 54.6 Å². The van der Waals surface area contributed by atoms with Crippen LogP contribution in [0.2, 0.25) is 0 Å². The van der Waals surface area contributed by atoms with Crippen molar-refractivity contribution in [1.82, 2.24) is 10.3 Å². The fraction of sp³-hybridized carbons (Fsp3) is 0.350. The molecule has 2 aromatic rings. The second-order valence-corrected chi connectivity index (χ2v) is 6.65. The van der Waals surface area contributed by atoms with Gasteiger partial charge < -0.3 is 15.1 Å². The Morgan fingerprint density at radius 2 is 2.16 bits per heavy atom. The number of H-pyrrole nitrogens is 1. The van der Waals surface area contributed by atoms with Crippen molar-refractivity contribution in [2.75, 3.05) is 0 Å². The molecule has 25 heavy (non-hydrogen) atoms. The Kier molecular flexibility index (Phi) is 5.86. The molecule has 0 spiro atoms. The SMILES string of the molecule is O=CCC1C=[C-]C(NC(c2c[nH]c3ccccc23)C2CC2)=CC1F.[U]. The van der Waals surface area contributed by atoms with E-state index in [0.717, 1.165) is 11.8 Å². The van der Waals surface area contributed by atoms with E-state index in [9.17, 15) is 9.18 Å². The van der Waals surface area contributed by atoms with Gasteiger partial charge in [0.05, 0.1) is 12.2 Å². The summed E-state index contributed by atoms with van der Waals surface area (Å²) < 4.78 is 14.2. The van der Waals surface area contributed by atoms with Crippen molar-refractivity contribution in [1.29, 1.82) is 0 Å². The monoisotopic (exact) mass is 561 g/mol. The fourth-order valence-electron chi connectivity index (χ4n) is 3.42. The van der Waals surface area contributed by atoms with Crippen molar-refractivity contribution in [2.24, 2.45) is 11.8 Å². The van der Waals surface area contributed by atoms with Crippen molar-refractivity contribution in [2.45, 2.75) is 31.5 Å². The zero-order chi connectivity index (χ0) is 16.5. The molecule has 3 unspecified atom stereocenters. The molecule has 0 saturated heterocycles. The minimum absolute atomic E-state index is 0. The third-order valence-electron chi connectivity index (χ3n) is 4.92. The molecule has 0 aliphatic heterocycles. The molecule has 1 aromatic carbocycles. The summed E-state index contributed by atoms with van der Waals surface area (Å²) in [6.07, 6.45) is 10.6. The molecule has 2 N–H and O–H groups in total. The first-order valence-electron chi connectivity index (χ1n) is 8.48. The number of benzene rings is 1. The van der Waals surface area contributed by atoms with Crippen LogP contribution in [-0.4, -0.2) is 17.4 Å². The Hall–Kier alpha value is -1.31. The van der Waals surface area contributed by atoms with Crippen LogP contribution in [0.3, 0.4) is 0 Å². The Bertz CT molecular complexity index is 809. The van der Waals surface area contributed by atoms with E-state index in [1.807, 2.05) is 12.1 Å². The summed E-state index contributed by atoms with van der Waals surface area (Å²) in [6.45, 7) is 0. The molecule has 128 valence electrons. The molecule has 1 heterocycles. The van der Waals surface area contributed by atoms with Crippen LogP contribution >= 0.6 is 0 Å². The van der Waals surface area contributed by atoms with Gasteiger partial charge in [0.25, 0.3) is 0 Å². The van der Waals surface area contributed by atoms with Gasteiger partial charge >= 0.3 is 0 Å². The number of hydrogen-bond acceptors (Lipinski definition) is 2. The molecular formula is C20H20FN2OU-. The molecule has 3 nitrogen and oxygen atoms in total. The fourth-order valence-corrected chi connectivity index (χ4v) is 3.42. The Balaban J connectivity index is 0.00000182. The number of alkyl halides is 1. The topological polar surface area (TPSA) is 44.9 Å². The van der Waals surface area contributed by atoms with Crippen LogP contribution in [0.25, 0.3) is 10.9 Å². The molecule has 5 heteroatoms. The normalized spacial score (nSPS) is 23.6. The first-order chi connectivity index (χ1) is 11.8. The molecule has 3 atom stereocenters. The van der Waals surface area contributed by atoms with E-state index in [0.29, 0.717) is 11.6 Å². The first kappa shape index (κ1) is 18.5. The van der Waals surface area contributed by atoms with Gasteiger partial charge in [-0.25, -0.2) is 6.08 Å². The van der Waals surface area contributed by atoms with Crippen LogP contribution in [0.5, 0.6) is 0 Å². The number of halogens is 1. The average molecular weight is 561 g/mol. The summed E-state index contributed by atoms with van der Waals surface area (Å²) in [5, 5.41) is 4.68. The van der Waals surface area contributed by atoms with Crippen molar-refractivity contribution < 1.29 is 40.3 Å². The summed E-state index contributed by atoms with van der Waals surface area (Å²) in [5.41, 5.74) is 3.03. The van der Waals surface area contributed by atoms with E-state index in [2.05, 4.69) is 34.7 Å². The molecule has 0 bridgehead atoms. The molecule has 2 aliphatic carbocycles. The molecule has 0 radical (unpaired) electrons. The standard InChI is InChI=1S/C20H20FN2O.U/c21-18-11-15(8-7-13(18)9-10-24)23-20(14-5-6-14)17-12-22-19-4-2-1-3-16(17)19;/h1-4,7,10-14,18,20,22-23H,5-6,9H2;/q-1;. The molecule has 2 aliphatic rings. The number of hydrogen-bond donors (Lipinski definition) is 2. The number of aromatic amines is 1. The number of nitrogens with one attached hydrogen (secondary N) is 2. The van der Waals surface area contributed by atoms with Gasteiger partial charge in [0.15, 0.2) is 0 Å². The minimum Gasteiger partial charge on any atom is -0.411 e. The van der Waals surface area contributed by atoms with Crippen molar-refractivity contribution in [3.8, 4) is 0 Å². The maximum absolute atomic E-state index is 14.2. The number of allylic oxidation sites excluding steroid dienone is 3. The van der Waals surface area contributed by atoms with E-state index in [1.165, 1.54) is 23.8 Å². The quantitative estimate of drug-likeness (QED) is 0.414. The van der Waals surface area contributed by atoms with Crippen molar-refractivity contribution in [3.05, 3.63) is 60.0 Å². The Morgan fingerprint density at radius 1 is 1.36 bits per heavy atom. The van der Waals surface area contributed by atoms with Crippen molar-refractivity contribution in [3.63, 3.8) is 0 Å². The number of aromatic nitrogens is 1. The maximum Gasteiger partial charge on any atom is 0.120 e. The van der Waals surface area contributed by atoms with Gasteiger partial charge in [-0.05, 0) is 36.3 Å². The van der Waals surface area contributed by atoms with E-state index in [-0.39, 0.29) is 49.5 Å². The average Bonchev–Trinajstić information content (AvgIpc) is 3.34. The van der Waals surface area contributed by atoms with Gasteiger partial charge in [-0.2, -0.15) is 12.2 Å². The van der Waals surface area contributed by atoms with Gasteiger partial charge in [-0.15, -0.1) is 5.70 Å². The smallest absolute Gasteiger partial charge is 0.120 e. The number of aldehydes is 1. The van der Waals surface area contributed by atoms with Crippen LogP contribution in [-0.2, 0) is 4.79 Å². The minimum atomic E-state index is -1.14. The van der Waals surface area contributed by atoms with Gasteiger partial charge in [0.2, 0.25) is 0 Å². The molecule has 4 rings (SSSR count). The Labute approximate surface area is 170 Å². The molecule has 1 aromatic heterocycles. The molecular weight excluding hydrogens is 541 g/mol. The zero-order valence-corrected chi connectivity index (χ0v) is 18.0. The summed E-state index contributed by atoms with van der Waals surface area (Å²) in [7, 11) is 0. The van der Waals surface area contributed by atoms with Crippen molar-refractivity contribution >= 4 is 17.2 Å². The summed E-state index contributed by atoms with van der Waals surface area (Å²) in [6, 6.07) is 8.39. The number of para-hydroxylation sites is 1. The second kappa shape index (κ2) is 7.93. The van der Waals surface area contributed by atoms with Gasteiger partial charge in [-0.3, -0.25) is 4.39 Å². The predicted molar refractivity (Wildman–Crippen MR) is 91.9 cm³/mol. The number of fused-ring (bicyclic) bond motifs is 1. The van der Waals surface area contributed by atoms with Crippen LogP contribution < -0.4 is 5.32 Å². The van der Waals surface area contributed by atoms with Crippen LogP contribution in [0.15, 0.2) is 48.3 Å². The van der Waals surface area contributed by atoms with Gasteiger partial charge in [-0.1, -0.05) is 18.2 Å². The number of carbonyl (C=O) groups is 1. The number of carbonyl (C=O) groups excluding carboxylic acids is 1.